The van der Waals surface area contributed by atoms with Gasteiger partial charge in [-0.3, -0.25) is 43.7 Å². The number of likely N-dealkylation sites (tertiary alicyclic amines) is 1. The quantitative estimate of drug-likeness (QED) is 0.133. The number of amides is 5. The fraction of sp³-hybridized carbons (Fsp3) is 0.375. The molecular formula is C48H46Cl2FN7O6. The Labute approximate surface area is 377 Å². The number of nitrogens with zero attached hydrogens (tertiary/aromatic N) is 3. The van der Waals surface area contributed by atoms with Crippen molar-refractivity contribution in [3.8, 4) is 0 Å². The Hall–Kier alpha value is -5.83. The monoisotopic (exact) mass is 905 g/mol. The molecule has 1 saturated carbocycles. The lowest BCUT2D eigenvalue weighted by Crippen LogP contribution is -2.60. The zero-order valence-corrected chi connectivity index (χ0v) is 36.5. The summed E-state index contributed by atoms with van der Waals surface area (Å²) < 4.78 is 19.3. The summed E-state index contributed by atoms with van der Waals surface area (Å²) in [5, 5.41) is 12.4. The van der Waals surface area contributed by atoms with Gasteiger partial charge in [0.05, 0.1) is 22.1 Å². The fourth-order valence-electron chi connectivity index (χ4n) is 11.6. The molecule has 5 aromatic rings. The number of benzene rings is 4. The molecule has 1 aromatic heterocycles. The molecule has 4 aliphatic heterocycles. The lowest BCUT2D eigenvalue weighted by atomic mass is 9.55. The molecule has 0 bridgehead atoms. The number of carbonyl (C=O) groups is 5. The summed E-state index contributed by atoms with van der Waals surface area (Å²) in [6.45, 7) is 1.02. The highest BCUT2D eigenvalue weighted by atomic mass is 35.5. The third kappa shape index (κ3) is 6.58. The zero-order chi connectivity index (χ0) is 44.7. The molecule has 5 amide bonds. The van der Waals surface area contributed by atoms with Gasteiger partial charge in [-0.15, -0.1) is 0 Å². The van der Waals surface area contributed by atoms with E-state index in [9.17, 15) is 28.8 Å². The van der Waals surface area contributed by atoms with E-state index in [-0.39, 0.29) is 52.8 Å². The number of nitrogens with one attached hydrogen (secondary N) is 4. The van der Waals surface area contributed by atoms with Gasteiger partial charge >= 0.3 is 5.69 Å². The number of imide groups is 1. The topological polar surface area (TPSA) is 164 Å². The predicted octanol–water partition coefficient (Wildman–Crippen LogP) is 7.07. The Morgan fingerprint density at radius 2 is 1.59 bits per heavy atom. The number of carbonyl (C=O) groups excluding carboxylic acids is 5. The van der Waals surface area contributed by atoms with Gasteiger partial charge in [-0.1, -0.05) is 66.7 Å². The maximum Gasteiger partial charge on any atom is 0.329 e. The summed E-state index contributed by atoms with van der Waals surface area (Å²) in [6, 6.07) is 20.6. The Balaban J connectivity index is 0.862. The minimum atomic E-state index is -1.36. The first kappa shape index (κ1) is 42.1. The Morgan fingerprint density at radius 3 is 2.33 bits per heavy atom. The Kier molecular flexibility index (Phi) is 10.5. The normalized spacial score (nSPS) is 24.3. The molecule has 10 rings (SSSR count). The van der Waals surface area contributed by atoms with Crippen molar-refractivity contribution in [2.75, 3.05) is 23.7 Å². The van der Waals surface area contributed by atoms with Gasteiger partial charge in [0, 0.05) is 60.0 Å². The van der Waals surface area contributed by atoms with E-state index < -0.39 is 46.6 Å². The molecule has 330 valence electrons. The highest BCUT2D eigenvalue weighted by Crippen LogP contribution is 2.63. The number of rotatable bonds is 6. The van der Waals surface area contributed by atoms with Crippen molar-refractivity contribution in [2.45, 2.75) is 92.7 Å². The first-order valence-corrected chi connectivity index (χ1v) is 22.6. The van der Waals surface area contributed by atoms with E-state index in [1.165, 1.54) is 15.2 Å². The van der Waals surface area contributed by atoms with E-state index in [1.54, 1.807) is 55.6 Å². The highest BCUT2D eigenvalue weighted by Gasteiger charge is 2.72. The number of halogens is 3. The maximum absolute atomic E-state index is 16.3. The van der Waals surface area contributed by atoms with Gasteiger partial charge in [0.1, 0.15) is 17.3 Å². The number of anilines is 2. The second-order valence-electron chi connectivity index (χ2n) is 17.9. The van der Waals surface area contributed by atoms with Crippen molar-refractivity contribution in [1.82, 2.24) is 24.7 Å². The molecule has 4 aromatic carbocycles. The lowest BCUT2D eigenvalue weighted by Gasteiger charge is -2.47. The average molecular weight is 907 g/mol. The van der Waals surface area contributed by atoms with Gasteiger partial charge in [-0.2, -0.15) is 0 Å². The van der Waals surface area contributed by atoms with Gasteiger partial charge in [-0.05, 0) is 109 Å². The first-order chi connectivity index (χ1) is 30.8. The van der Waals surface area contributed by atoms with Crippen LogP contribution in [0.5, 0.6) is 0 Å². The number of hydrogen-bond acceptors (Lipinski definition) is 7. The molecule has 16 heteroatoms. The third-order valence-electron chi connectivity index (χ3n) is 14.6. The van der Waals surface area contributed by atoms with Crippen LogP contribution in [-0.4, -0.2) is 68.2 Å². The van der Waals surface area contributed by atoms with Gasteiger partial charge in [0.15, 0.2) is 0 Å². The van der Waals surface area contributed by atoms with Crippen LogP contribution >= 0.6 is 23.2 Å². The smallest absolute Gasteiger partial charge is 0.329 e. The molecule has 2 spiro atoms. The number of fused-ring (bicyclic) bond motifs is 4. The van der Waals surface area contributed by atoms with Crippen molar-refractivity contribution in [3.63, 3.8) is 0 Å². The third-order valence-corrected chi connectivity index (χ3v) is 15.1. The second-order valence-corrected chi connectivity index (χ2v) is 18.7. The summed E-state index contributed by atoms with van der Waals surface area (Å²) in [5.74, 6) is -3.26. The van der Waals surface area contributed by atoms with E-state index in [4.69, 9.17) is 23.2 Å². The van der Waals surface area contributed by atoms with Crippen LogP contribution in [0.25, 0.3) is 11.0 Å². The van der Waals surface area contributed by atoms with Crippen molar-refractivity contribution >= 4 is 75.1 Å². The van der Waals surface area contributed by atoms with E-state index in [0.717, 1.165) is 24.8 Å². The zero-order valence-electron chi connectivity index (χ0n) is 35.0. The molecule has 64 heavy (non-hydrogen) atoms. The summed E-state index contributed by atoms with van der Waals surface area (Å²) in [4.78, 5) is 82.6. The molecule has 3 saturated heterocycles. The second kappa shape index (κ2) is 16.0. The number of hydrogen-bond donors (Lipinski definition) is 4. The molecule has 4 atom stereocenters. The summed E-state index contributed by atoms with van der Waals surface area (Å²) in [7, 11) is 1.67. The number of piperidine rings is 2. The van der Waals surface area contributed by atoms with Crippen LogP contribution in [0.1, 0.15) is 103 Å². The van der Waals surface area contributed by atoms with Crippen LogP contribution in [0.2, 0.25) is 10.0 Å². The molecule has 5 aliphatic rings. The van der Waals surface area contributed by atoms with Crippen LogP contribution in [0.4, 0.5) is 15.8 Å². The van der Waals surface area contributed by atoms with E-state index >= 15 is 4.39 Å². The first-order valence-electron chi connectivity index (χ1n) is 21.9. The summed E-state index contributed by atoms with van der Waals surface area (Å²) in [6.07, 6.45) is 5.62. The van der Waals surface area contributed by atoms with Gasteiger partial charge in [0.2, 0.25) is 23.6 Å². The lowest BCUT2D eigenvalue weighted by molar-refractivity contribution is -0.135. The van der Waals surface area contributed by atoms with Crippen LogP contribution in [0.3, 0.4) is 0 Å². The minimum absolute atomic E-state index is 0.107. The number of aryl methyl sites for hydroxylation is 1. The molecule has 1 aliphatic carbocycles. The van der Waals surface area contributed by atoms with Crippen LogP contribution in [-0.2, 0) is 31.6 Å². The minimum Gasteiger partial charge on any atom is -0.339 e. The van der Waals surface area contributed by atoms with Crippen molar-refractivity contribution < 1.29 is 28.4 Å². The molecule has 0 radical (unpaired) electrons. The molecule has 1 unspecified atom stereocenters. The van der Waals surface area contributed by atoms with Crippen molar-refractivity contribution in [2.24, 2.45) is 7.05 Å². The molecular weight excluding hydrogens is 860 g/mol. The van der Waals surface area contributed by atoms with Gasteiger partial charge in [0.25, 0.3) is 5.91 Å². The molecule has 4 N–H and O–H groups in total. The Bertz CT molecular complexity index is 2850. The van der Waals surface area contributed by atoms with Gasteiger partial charge in [-0.25, -0.2) is 9.18 Å². The average Bonchev–Trinajstić information content (AvgIpc) is 3.84. The molecule has 4 fully saturated rings. The standard InChI is InChI=1S/C48H46Cl2FN7O6/c1-56-37-24-28(10-15-35(37)58(46(56)64)36-16-17-38(59)54-42(36)60)26-18-22-57(23-19-26)44(62)27-8-12-30(13-9-27)52-43(61)41-39(31-6-5-7-33(50)40(31)51)48(47(55-41)20-3-2-4-21-47)32-14-11-29(49)25-34(32)53-45(48)63/h5-15,24-26,36,39,41,55H,2-4,16-23H2,1H3,(H,52,61)(H,53,63)(H,54,59,60)/t36?,39-,41+,48+/m0/s1. The summed E-state index contributed by atoms with van der Waals surface area (Å²) >= 11 is 12.8. The Morgan fingerprint density at radius 1 is 0.844 bits per heavy atom. The maximum atomic E-state index is 16.3. The summed E-state index contributed by atoms with van der Waals surface area (Å²) in [5.41, 5.74) is 2.06. The van der Waals surface area contributed by atoms with E-state index in [2.05, 4.69) is 21.3 Å². The van der Waals surface area contributed by atoms with Crippen molar-refractivity contribution in [3.05, 3.63) is 127 Å². The van der Waals surface area contributed by atoms with Crippen LogP contribution in [0, 0.1) is 5.82 Å². The molecule has 13 nitrogen and oxygen atoms in total. The van der Waals surface area contributed by atoms with Crippen LogP contribution < -0.4 is 27.0 Å². The molecule has 5 heterocycles. The number of imidazole rings is 1. The van der Waals surface area contributed by atoms with E-state index in [1.807, 2.05) is 29.2 Å². The SMILES string of the molecule is Cn1c(=O)n(C2CCC(=O)NC2=O)c2ccc(C3CCN(C(=O)c4ccc(NC(=O)[C@@H]5NC6(CCCCC6)[C@@]6(C(=O)Nc7cc(Cl)ccc76)[C@H]5c5cccc(Cl)c5F)cc4)CC3)cc21. The van der Waals surface area contributed by atoms with E-state index in [0.29, 0.717) is 77.3 Å². The largest absolute Gasteiger partial charge is 0.339 e. The van der Waals surface area contributed by atoms with Gasteiger partial charge < -0.3 is 15.5 Å². The predicted molar refractivity (Wildman–Crippen MR) is 240 cm³/mol. The van der Waals surface area contributed by atoms with Crippen molar-refractivity contribution in [1.29, 1.82) is 0 Å². The highest BCUT2D eigenvalue weighted by molar-refractivity contribution is 6.31. The fourth-order valence-corrected chi connectivity index (χ4v) is 12.0. The number of aromatic nitrogens is 2. The van der Waals surface area contributed by atoms with Crippen LogP contribution in [0.15, 0.2) is 83.7 Å².